The van der Waals surface area contributed by atoms with Gasteiger partial charge in [0, 0.05) is 0 Å². The molecule has 0 amide bonds. The van der Waals surface area contributed by atoms with E-state index in [1.54, 1.807) is 0 Å². The summed E-state index contributed by atoms with van der Waals surface area (Å²) in [5.41, 5.74) is 10.2. The lowest BCUT2D eigenvalue weighted by atomic mass is 9.85. The summed E-state index contributed by atoms with van der Waals surface area (Å²) in [7, 11) is 0. The van der Waals surface area contributed by atoms with Crippen LogP contribution < -0.4 is 4.74 Å². The van der Waals surface area contributed by atoms with Crippen molar-refractivity contribution in [3.63, 3.8) is 0 Å². The predicted octanol–water partition coefficient (Wildman–Crippen LogP) is 10.7. The zero-order valence-electron chi connectivity index (χ0n) is 23.6. The molecular formula is C40H26N2O. The molecule has 0 spiro atoms. The summed E-state index contributed by atoms with van der Waals surface area (Å²) < 4.78 is 8.75. The van der Waals surface area contributed by atoms with Gasteiger partial charge in [0.1, 0.15) is 11.3 Å². The molecule has 0 N–H and O–H groups in total. The molecule has 1 aliphatic rings. The molecule has 0 unspecified atom stereocenters. The first-order valence-electron chi connectivity index (χ1n) is 14.6. The Hall–Kier alpha value is -5.67. The maximum absolute atomic E-state index is 6.54. The van der Waals surface area contributed by atoms with E-state index in [9.17, 15) is 0 Å². The number of fused-ring (bicyclic) bond motifs is 4. The molecule has 0 radical (unpaired) electrons. The van der Waals surface area contributed by atoms with Gasteiger partial charge in [0.15, 0.2) is 11.5 Å². The monoisotopic (exact) mass is 550 g/mol. The number of nitrogens with zero attached hydrogens (tertiary/aromatic N) is 2. The van der Waals surface area contributed by atoms with Gasteiger partial charge in [0.05, 0.1) is 11.2 Å². The van der Waals surface area contributed by atoms with Crippen LogP contribution in [0, 0.1) is 6.92 Å². The molecule has 0 atom stereocenters. The number of para-hydroxylation sites is 1. The summed E-state index contributed by atoms with van der Waals surface area (Å²) in [5.74, 6) is 2.63. The zero-order chi connectivity index (χ0) is 28.5. The van der Waals surface area contributed by atoms with Crippen LogP contribution in [0.4, 0.5) is 0 Å². The first-order valence-corrected chi connectivity index (χ1v) is 14.6. The van der Waals surface area contributed by atoms with Gasteiger partial charge in [-0.1, -0.05) is 109 Å². The molecule has 7 aromatic carbocycles. The molecule has 43 heavy (non-hydrogen) atoms. The van der Waals surface area contributed by atoms with E-state index in [0.29, 0.717) is 0 Å². The van der Waals surface area contributed by atoms with Crippen molar-refractivity contribution in [1.82, 2.24) is 9.55 Å². The zero-order valence-corrected chi connectivity index (χ0v) is 23.6. The Balaban J connectivity index is 1.29. The molecule has 1 aromatic heterocycles. The second-order valence-electron chi connectivity index (χ2n) is 11.2. The van der Waals surface area contributed by atoms with Gasteiger partial charge in [0.25, 0.3) is 0 Å². The van der Waals surface area contributed by atoms with Crippen molar-refractivity contribution in [1.29, 1.82) is 0 Å². The largest absolute Gasteiger partial charge is 0.453 e. The molecular weight excluding hydrogens is 524 g/mol. The first-order chi connectivity index (χ1) is 21.2. The molecule has 0 fully saturated rings. The number of hydrogen-bond donors (Lipinski definition) is 0. The summed E-state index contributed by atoms with van der Waals surface area (Å²) >= 11 is 0. The fourth-order valence-corrected chi connectivity index (χ4v) is 6.88. The smallest absolute Gasteiger partial charge is 0.153 e. The van der Waals surface area contributed by atoms with Crippen LogP contribution >= 0.6 is 0 Å². The number of aromatic nitrogens is 2. The summed E-state index contributed by atoms with van der Waals surface area (Å²) in [6, 6.07) is 49.8. The Bertz CT molecular complexity index is 2330. The minimum absolute atomic E-state index is 0.839. The summed E-state index contributed by atoms with van der Waals surface area (Å²) in [5, 5.41) is 4.91. The summed E-state index contributed by atoms with van der Waals surface area (Å²) in [6.07, 6.45) is 0. The molecule has 1 aliphatic heterocycles. The van der Waals surface area contributed by atoms with Crippen molar-refractivity contribution in [3.8, 4) is 50.6 Å². The molecule has 0 aliphatic carbocycles. The summed E-state index contributed by atoms with van der Waals surface area (Å²) in [6.45, 7) is 2.05. The highest BCUT2D eigenvalue weighted by Crippen LogP contribution is 2.47. The van der Waals surface area contributed by atoms with Crippen LogP contribution in [0.1, 0.15) is 5.82 Å². The van der Waals surface area contributed by atoms with Gasteiger partial charge in [-0.25, -0.2) is 4.98 Å². The van der Waals surface area contributed by atoms with Crippen molar-refractivity contribution in [2.24, 2.45) is 0 Å². The fourth-order valence-electron chi connectivity index (χ4n) is 6.88. The highest BCUT2D eigenvalue weighted by molar-refractivity contribution is 6.21. The molecule has 8 aromatic rings. The van der Waals surface area contributed by atoms with Crippen LogP contribution in [0.3, 0.4) is 0 Å². The topological polar surface area (TPSA) is 27.1 Å². The first kappa shape index (κ1) is 24.0. The molecule has 3 nitrogen and oxygen atoms in total. The second kappa shape index (κ2) is 9.17. The third-order valence-corrected chi connectivity index (χ3v) is 8.71. The molecule has 9 rings (SSSR count). The van der Waals surface area contributed by atoms with Crippen LogP contribution in [0.2, 0.25) is 0 Å². The average Bonchev–Trinajstić information content (AvgIpc) is 3.41. The molecule has 0 saturated heterocycles. The van der Waals surface area contributed by atoms with E-state index in [2.05, 4.69) is 133 Å². The summed E-state index contributed by atoms with van der Waals surface area (Å²) in [4.78, 5) is 4.79. The standard InChI is InChI=1S/C40H26N2O/c1-25-41-34-19-10-20-36-40(34)42(25)35-22-21-29(24-37(35)43-36)39-32-17-7-5-15-30(32)38(31-16-6-8-18-33(31)39)28-14-9-13-27(23-28)26-11-3-2-4-12-26/h2-24H,1H3. The second-order valence-corrected chi connectivity index (χ2v) is 11.2. The molecule has 2 heterocycles. The maximum atomic E-state index is 6.54. The third kappa shape index (κ3) is 3.58. The van der Waals surface area contributed by atoms with Crippen molar-refractivity contribution < 1.29 is 4.74 Å². The number of rotatable bonds is 3. The molecule has 0 saturated carbocycles. The predicted molar refractivity (Wildman–Crippen MR) is 177 cm³/mol. The number of hydrogen-bond acceptors (Lipinski definition) is 2. The number of ether oxygens (including phenoxy) is 1. The van der Waals surface area contributed by atoms with E-state index in [0.717, 1.165) is 39.6 Å². The van der Waals surface area contributed by atoms with Gasteiger partial charge in [-0.3, -0.25) is 4.57 Å². The van der Waals surface area contributed by atoms with E-state index in [1.165, 1.54) is 49.4 Å². The Morgan fingerprint density at radius 3 is 1.77 bits per heavy atom. The van der Waals surface area contributed by atoms with Crippen molar-refractivity contribution in [2.75, 3.05) is 0 Å². The van der Waals surface area contributed by atoms with Gasteiger partial charge < -0.3 is 4.74 Å². The Morgan fingerprint density at radius 1 is 0.488 bits per heavy atom. The maximum Gasteiger partial charge on any atom is 0.153 e. The Labute approximate surface area is 249 Å². The lowest BCUT2D eigenvalue weighted by Gasteiger charge is -2.22. The minimum atomic E-state index is 0.839. The third-order valence-electron chi connectivity index (χ3n) is 8.71. The highest BCUT2D eigenvalue weighted by Gasteiger charge is 2.24. The van der Waals surface area contributed by atoms with Gasteiger partial charge in [-0.15, -0.1) is 0 Å². The molecule has 0 bridgehead atoms. The SMILES string of the molecule is Cc1nc2cccc3c2n1-c1ccc(-c2c4ccccc4c(-c4cccc(-c5ccccc5)c4)c4ccccc24)cc1O3. The van der Waals surface area contributed by atoms with Gasteiger partial charge in [0.2, 0.25) is 0 Å². The minimum Gasteiger partial charge on any atom is -0.453 e. The van der Waals surface area contributed by atoms with E-state index >= 15 is 0 Å². The quantitative estimate of drug-likeness (QED) is 0.205. The van der Waals surface area contributed by atoms with Crippen LogP contribution in [-0.2, 0) is 0 Å². The van der Waals surface area contributed by atoms with Crippen molar-refractivity contribution in [2.45, 2.75) is 6.92 Å². The molecule has 202 valence electrons. The fraction of sp³-hybridized carbons (Fsp3) is 0.0250. The lowest BCUT2D eigenvalue weighted by Crippen LogP contribution is -2.05. The van der Waals surface area contributed by atoms with Gasteiger partial charge >= 0.3 is 0 Å². The van der Waals surface area contributed by atoms with Crippen molar-refractivity contribution >= 4 is 32.6 Å². The molecule has 3 heteroatoms. The Morgan fingerprint density at radius 2 is 1.07 bits per heavy atom. The van der Waals surface area contributed by atoms with Crippen LogP contribution in [0.15, 0.2) is 140 Å². The van der Waals surface area contributed by atoms with Gasteiger partial charge in [-0.05, 0) is 92.2 Å². The van der Waals surface area contributed by atoms with E-state index in [1.807, 2.05) is 18.2 Å². The highest BCUT2D eigenvalue weighted by atomic mass is 16.5. The van der Waals surface area contributed by atoms with E-state index in [4.69, 9.17) is 9.72 Å². The normalized spacial score (nSPS) is 12.0. The van der Waals surface area contributed by atoms with E-state index < -0.39 is 0 Å². The van der Waals surface area contributed by atoms with E-state index in [-0.39, 0.29) is 0 Å². The number of aryl methyl sites for hydroxylation is 1. The lowest BCUT2D eigenvalue weighted by molar-refractivity contribution is 0.475. The van der Waals surface area contributed by atoms with Crippen LogP contribution in [0.5, 0.6) is 11.5 Å². The Kier molecular flexibility index (Phi) is 5.11. The average molecular weight is 551 g/mol. The number of benzene rings is 7. The van der Waals surface area contributed by atoms with Gasteiger partial charge in [-0.2, -0.15) is 0 Å². The number of imidazole rings is 1. The van der Waals surface area contributed by atoms with Crippen LogP contribution in [0.25, 0.3) is 71.6 Å². The van der Waals surface area contributed by atoms with Crippen LogP contribution in [-0.4, -0.2) is 9.55 Å². The van der Waals surface area contributed by atoms with Crippen molar-refractivity contribution in [3.05, 3.63) is 145 Å².